The van der Waals surface area contributed by atoms with E-state index in [4.69, 9.17) is 23.2 Å². The number of amides is 1. The zero-order valence-corrected chi connectivity index (χ0v) is 21.1. The zero-order chi connectivity index (χ0) is 24.4. The number of anilines is 1. The third kappa shape index (κ3) is 5.28. The van der Waals surface area contributed by atoms with Crippen LogP contribution in [0.5, 0.6) is 0 Å². The predicted molar refractivity (Wildman–Crippen MR) is 146 cm³/mol. The Balaban J connectivity index is 1.49. The molecule has 5 aromatic rings. The number of halogens is 2. The number of fused-ring (bicyclic) bond motifs is 1. The van der Waals surface area contributed by atoms with Gasteiger partial charge in [0.25, 0.3) is 5.56 Å². The molecule has 2 aromatic heterocycles. The lowest BCUT2D eigenvalue weighted by Gasteiger charge is -2.17. The van der Waals surface area contributed by atoms with E-state index in [-0.39, 0.29) is 11.5 Å². The number of carbonyl (C=O) groups is 1. The van der Waals surface area contributed by atoms with Gasteiger partial charge in [0.05, 0.1) is 5.39 Å². The molecule has 0 aliphatic carbocycles. The number of thiophene rings is 1. The zero-order valence-electron chi connectivity index (χ0n) is 18.0. The summed E-state index contributed by atoms with van der Waals surface area (Å²) in [6.07, 6.45) is 0. The summed E-state index contributed by atoms with van der Waals surface area (Å²) in [7, 11) is 0. The van der Waals surface area contributed by atoms with E-state index in [1.165, 1.54) is 23.1 Å². The van der Waals surface area contributed by atoms with Gasteiger partial charge in [-0.2, -0.15) is 0 Å². The van der Waals surface area contributed by atoms with E-state index < -0.39 is 5.25 Å². The van der Waals surface area contributed by atoms with E-state index in [2.05, 4.69) is 15.3 Å². The molecule has 0 aliphatic rings. The number of rotatable bonds is 6. The largest absolute Gasteiger partial charge is 0.325 e. The summed E-state index contributed by atoms with van der Waals surface area (Å²) in [6, 6.07) is 23.9. The molecule has 174 valence electrons. The number of H-pyrrole nitrogens is 1. The third-order valence-corrected chi connectivity index (χ3v) is 7.65. The summed E-state index contributed by atoms with van der Waals surface area (Å²) in [6.45, 7) is 0. The first-order valence-electron chi connectivity index (χ1n) is 10.5. The van der Waals surface area contributed by atoms with Crippen LogP contribution in [0.2, 0.25) is 10.0 Å². The van der Waals surface area contributed by atoms with Crippen LogP contribution >= 0.6 is 46.3 Å². The molecule has 0 saturated heterocycles. The van der Waals surface area contributed by atoms with Gasteiger partial charge >= 0.3 is 0 Å². The summed E-state index contributed by atoms with van der Waals surface area (Å²) >= 11 is 14.8. The Bertz CT molecular complexity index is 1550. The van der Waals surface area contributed by atoms with Gasteiger partial charge in [0.2, 0.25) is 5.91 Å². The first kappa shape index (κ1) is 23.6. The first-order chi connectivity index (χ1) is 17.0. The fourth-order valence-corrected chi connectivity index (χ4v) is 6.17. The van der Waals surface area contributed by atoms with Crippen molar-refractivity contribution < 1.29 is 4.79 Å². The molecule has 0 unspecified atom stereocenters. The molecule has 35 heavy (non-hydrogen) atoms. The van der Waals surface area contributed by atoms with E-state index in [9.17, 15) is 9.59 Å². The van der Waals surface area contributed by atoms with Crippen molar-refractivity contribution in [2.75, 3.05) is 5.32 Å². The van der Waals surface area contributed by atoms with Crippen molar-refractivity contribution in [3.05, 3.63) is 110 Å². The van der Waals surface area contributed by atoms with Gasteiger partial charge in [0, 0.05) is 26.7 Å². The number of nitrogens with one attached hydrogen (secondary N) is 2. The maximum Gasteiger partial charge on any atom is 0.260 e. The fraction of sp³-hybridized carbons (Fsp3) is 0.0385. The summed E-state index contributed by atoms with van der Waals surface area (Å²) in [5.41, 5.74) is 2.80. The van der Waals surface area contributed by atoms with E-state index in [1.54, 1.807) is 18.2 Å². The fourth-order valence-electron chi connectivity index (χ4n) is 3.66. The molecule has 2 heterocycles. The van der Waals surface area contributed by atoms with Crippen molar-refractivity contribution in [2.24, 2.45) is 0 Å². The van der Waals surface area contributed by atoms with Crippen molar-refractivity contribution in [3.63, 3.8) is 0 Å². The molecule has 0 spiro atoms. The molecule has 0 radical (unpaired) electrons. The molecular formula is C26H17Cl2N3O2S2. The highest BCUT2D eigenvalue weighted by atomic mass is 35.5. The SMILES string of the molecule is O=C(Nc1cc(Cl)cc(Cl)c1)[C@@H](Sc1nc2scc(-c3ccccc3)c2c(=O)[nH]1)c1ccccc1. The molecule has 3 aromatic carbocycles. The number of nitrogens with zero attached hydrogens (tertiary/aromatic N) is 1. The van der Waals surface area contributed by atoms with Crippen molar-refractivity contribution in [2.45, 2.75) is 10.4 Å². The second kappa shape index (κ2) is 10.3. The molecule has 0 saturated carbocycles. The van der Waals surface area contributed by atoms with Crippen LogP contribution in [0, 0.1) is 0 Å². The van der Waals surface area contributed by atoms with Crippen LogP contribution < -0.4 is 10.9 Å². The molecule has 2 N–H and O–H groups in total. The highest BCUT2D eigenvalue weighted by molar-refractivity contribution is 8.00. The Morgan fingerprint density at radius 3 is 2.31 bits per heavy atom. The monoisotopic (exact) mass is 537 g/mol. The van der Waals surface area contributed by atoms with Gasteiger partial charge in [-0.25, -0.2) is 4.98 Å². The van der Waals surface area contributed by atoms with Crippen molar-refractivity contribution in [1.29, 1.82) is 0 Å². The molecule has 5 rings (SSSR count). The quantitative estimate of drug-likeness (QED) is 0.174. The standard InChI is InChI=1S/C26H17Cl2N3O2S2/c27-17-11-18(28)13-19(12-17)29-24(33)22(16-9-5-2-6-10-16)35-26-30-23(32)21-20(14-34-25(21)31-26)15-7-3-1-4-8-15/h1-14,22H,(H,29,33)(H,30,31,32)/t22-/m0/s1. The van der Waals surface area contributed by atoms with Crippen LogP contribution in [0.15, 0.2) is 94.2 Å². The number of hydrogen-bond donors (Lipinski definition) is 2. The Labute approximate surface area is 219 Å². The molecule has 0 fully saturated rings. The maximum absolute atomic E-state index is 13.3. The minimum Gasteiger partial charge on any atom is -0.325 e. The highest BCUT2D eigenvalue weighted by Gasteiger charge is 2.24. The van der Waals surface area contributed by atoms with Crippen LogP contribution in [0.1, 0.15) is 10.8 Å². The summed E-state index contributed by atoms with van der Waals surface area (Å²) < 4.78 is 0. The highest BCUT2D eigenvalue weighted by Crippen LogP contribution is 2.37. The molecule has 9 heteroatoms. The van der Waals surface area contributed by atoms with Crippen LogP contribution in [-0.2, 0) is 4.79 Å². The predicted octanol–water partition coefficient (Wildman–Crippen LogP) is 7.43. The van der Waals surface area contributed by atoms with Crippen LogP contribution in [0.25, 0.3) is 21.3 Å². The normalized spacial score (nSPS) is 11.9. The Kier molecular flexibility index (Phi) is 6.92. The minimum atomic E-state index is -0.678. The van der Waals surface area contributed by atoms with Crippen LogP contribution in [0.3, 0.4) is 0 Å². The first-order valence-corrected chi connectivity index (χ1v) is 13.0. The average molecular weight is 538 g/mol. The summed E-state index contributed by atoms with van der Waals surface area (Å²) in [4.78, 5) is 34.6. The van der Waals surface area contributed by atoms with Gasteiger partial charge in [-0.3, -0.25) is 9.59 Å². The minimum absolute atomic E-state index is 0.244. The molecule has 1 amide bonds. The Morgan fingerprint density at radius 1 is 0.971 bits per heavy atom. The van der Waals surface area contributed by atoms with Crippen LogP contribution in [0.4, 0.5) is 5.69 Å². The number of benzene rings is 3. The molecule has 1 atom stereocenters. The number of carbonyl (C=O) groups excluding carboxylic acids is 1. The molecule has 0 aliphatic heterocycles. The van der Waals surface area contributed by atoms with Crippen molar-refractivity contribution in [1.82, 2.24) is 9.97 Å². The number of aromatic nitrogens is 2. The average Bonchev–Trinajstić information content (AvgIpc) is 3.27. The van der Waals surface area contributed by atoms with Crippen molar-refractivity contribution in [3.8, 4) is 11.1 Å². The Hall–Kier alpha value is -3.10. The van der Waals surface area contributed by atoms with Gasteiger partial charge in [0.15, 0.2) is 5.16 Å². The van der Waals surface area contributed by atoms with E-state index in [0.29, 0.717) is 31.1 Å². The lowest BCUT2D eigenvalue weighted by atomic mass is 10.1. The number of hydrogen-bond acceptors (Lipinski definition) is 5. The van der Waals surface area contributed by atoms with Gasteiger partial charge < -0.3 is 10.3 Å². The molecule has 0 bridgehead atoms. The third-order valence-electron chi connectivity index (χ3n) is 5.21. The van der Waals surface area contributed by atoms with Crippen LogP contribution in [-0.4, -0.2) is 15.9 Å². The van der Waals surface area contributed by atoms with Gasteiger partial charge in [0.1, 0.15) is 10.1 Å². The lowest BCUT2D eigenvalue weighted by Crippen LogP contribution is -2.20. The summed E-state index contributed by atoms with van der Waals surface area (Å²) in [5.74, 6) is -0.293. The number of aromatic amines is 1. The molecule has 5 nitrogen and oxygen atoms in total. The number of thioether (sulfide) groups is 1. The van der Waals surface area contributed by atoms with Gasteiger partial charge in [-0.05, 0) is 29.3 Å². The van der Waals surface area contributed by atoms with E-state index >= 15 is 0 Å². The maximum atomic E-state index is 13.3. The second-order valence-electron chi connectivity index (χ2n) is 7.62. The lowest BCUT2D eigenvalue weighted by molar-refractivity contribution is -0.115. The summed E-state index contributed by atoms with van der Waals surface area (Å²) in [5, 5.41) is 5.86. The van der Waals surface area contributed by atoms with E-state index in [0.717, 1.165) is 16.7 Å². The van der Waals surface area contributed by atoms with Gasteiger partial charge in [-0.15, -0.1) is 11.3 Å². The van der Waals surface area contributed by atoms with E-state index in [1.807, 2.05) is 66.0 Å². The smallest absolute Gasteiger partial charge is 0.260 e. The van der Waals surface area contributed by atoms with Crippen molar-refractivity contribution >= 4 is 68.1 Å². The topological polar surface area (TPSA) is 74.8 Å². The molecular weight excluding hydrogens is 521 g/mol. The van der Waals surface area contributed by atoms with Gasteiger partial charge in [-0.1, -0.05) is 95.6 Å². The Morgan fingerprint density at radius 2 is 1.63 bits per heavy atom. The second-order valence-corrected chi connectivity index (χ2v) is 10.4.